The molecule has 2 aliphatic heterocycles. The Kier molecular flexibility index (Phi) is 8.93. The van der Waals surface area contributed by atoms with Crippen molar-refractivity contribution in [1.82, 2.24) is 19.4 Å². The van der Waals surface area contributed by atoms with E-state index in [4.69, 9.17) is 24.8 Å². The van der Waals surface area contributed by atoms with Crippen molar-refractivity contribution in [2.75, 3.05) is 24.5 Å². The normalized spacial score (nSPS) is 18.8. The molecule has 0 radical (unpaired) electrons. The number of alkyl halides is 6. The number of likely N-dealkylation sites (tertiary alicyclic amines) is 1. The van der Waals surface area contributed by atoms with E-state index in [9.17, 15) is 31.1 Å². The molecule has 1 amide bonds. The van der Waals surface area contributed by atoms with Crippen LogP contribution in [0.2, 0.25) is 0 Å². The van der Waals surface area contributed by atoms with Crippen molar-refractivity contribution in [1.29, 1.82) is 0 Å². The number of fused-ring (bicyclic) bond motifs is 4. The fourth-order valence-electron chi connectivity index (χ4n) is 5.15. The minimum Gasteiger partial charge on any atom is -0.475 e. The Morgan fingerprint density at radius 2 is 1.59 bits per heavy atom. The van der Waals surface area contributed by atoms with E-state index >= 15 is 0 Å². The number of carboxylic acids is 2. The summed E-state index contributed by atoms with van der Waals surface area (Å²) in [4.78, 5) is 44.8. The van der Waals surface area contributed by atoms with Crippen LogP contribution in [0.3, 0.4) is 0 Å². The molecule has 236 valence electrons. The van der Waals surface area contributed by atoms with Crippen LogP contribution in [0, 0.1) is 12.8 Å². The van der Waals surface area contributed by atoms with Gasteiger partial charge in [-0.3, -0.25) is 4.79 Å². The van der Waals surface area contributed by atoms with Crippen molar-refractivity contribution >= 4 is 23.5 Å². The fraction of sp³-hybridized carbons (Fsp3) is 0.393. The van der Waals surface area contributed by atoms with Crippen molar-refractivity contribution in [2.45, 2.75) is 44.1 Å². The lowest BCUT2D eigenvalue weighted by Crippen LogP contribution is -2.53. The maximum absolute atomic E-state index is 13.3. The van der Waals surface area contributed by atoms with Crippen molar-refractivity contribution in [3.63, 3.8) is 0 Å². The summed E-state index contributed by atoms with van der Waals surface area (Å²) in [5.41, 5.74) is 3.60. The van der Waals surface area contributed by atoms with Gasteiger partial charge in [-0.15, -0.1) is 0 Å². The molecule has 1 aliphatic carbocycles. The van der Waals surface area contributed by atoms with Crippen LogP contribution in [0.1, 0.15) is 41.1 Å². The molecule has 16 heteroatoms. The molecule has 3 aliphatic rings. The van der Waals surface area contributed by atoms with Gasteiger partial charge in [0.25, 0.3) is 5.91 Å². The van der Waals surface area contributed by atoms with Gasteiger partial charge in [-0.25, -0.2) is 19.6 Å². The second-order valence-corrected chi connectivity index (χ2v) is 10.4. The monoisotopic (exact) mass is 627 g/mol. The average Bonchev–Trinajstić information content (AvgIpc) is 3.44. The van der Waals surface area contributed by atoms with Crippen LogP contribution in [-0.2, 0) is 15.1 Å². The lowest BCUT2D eigenvalue weighted by atomic mass is 9.88. The number of carbonyl (C=O) groups is 3. The number of aromatic nitrogens is 3. The molecule has 3 aromatic rings. The van der Waals surface area contributed by atoms with Gasteiger partial charge >= 0.3 is 24.3 Å². The first-order chi connectivity index (χ1) is 20.5. The number of hydrogen-bond donors (Lipinski definition) is 2. The minimum atomic E-state index is -5.08. The number of carboxylic acid groups (broad SMARTS) is 2. The number of amides is 1. The van der Waals surface area contributed by atoms with Crippen LogP contribution in [0.25, 0.3) is 5.82 Å². The van der Waals surface area contributed by atoms with Crippen molar-refractivity contribution in [2.24, 2.45) is 5.92 Å². The van der Waals surface area contributed by atoms with Crippen LogP contribution in [0.15, 0.2) is 54.9 Å². The van der Waals surface area contributed by atoms with Gasteiger partial charge in [-0.1, -0.05) is 6.07 Å². The summed E-state index contributed by atoms with van der Waals surface area (Å²) in [6.45, 7) is 4.36. The summed E-state index contributed by atoms with van der Waals surface area (Å²) in [5.74, 6) is -3.76. The zero-order chi connectivity index (χ0) is 32.4. The van der Waals surface area contributed by atoms with Gasteiger partial charge in [-0.2, -0.15) is 26.3 Å². The van der Waals surface area contributed by atoms with Crippen LogP contribution in [-0.4, -0.2) is 79.5 Å². The number of aryl methyl sites for hydroxylation is 1. The second kappa shape index (κ2) is 12.2. The highest BCUT2D eigenvalue weighted by molar-refractivity contribution is 5.92. The molecule has 0 bridgehead atoms. The van der Waals surface area contributed by atoms with E-state index in [1.54, 1.807) is 0 Å². The van der Waals surface area contributed by atoms with Crippen LogP contribution >= 0.6 is 0 Å². The first kappa shape index (κ1) is 32.3. The molecule has 1 spiro atoms. The minimum absolute atomic E-state index is 0.0250. The predicted molar refractivity (Wildman–Crippen MR) is 142 cm³/mol. The van der Waals surface area contributed by atoms with E-state index in [0.717, 1.165) is 36.9 Å². The molecule has 6 rings (SSSR count). The van der Waals surface area contributed by atoms with Crippen molar-refractivity contribution in [3.05, 3.63) is 71.9 Å². The average molecular weight is 628 g/mol. The van der Waals surface area contributed by atoms with Crippen LogP contribution < -0.4 is 4.90 Å². The Labute approximate surface area is 246 Å². The smallest absolute Gasteiger partial charge is 0.475 e. The second-order valence-electron chi connectivity index (χ2n) is 10.4. The molecule has 1 saturated carbocycles. The first-order valence-electron chi connectivity index (χ1n) is 13.3. The Morgan fingerprint density at radius 1 is 0.955 bits per heavy atom. The number of carbonyl (C=O) groups excluding carboxylic acids is 1. The zero-order valence-electron chi connectivity index (χ0n) is 23.1. The summed E-state index contributed by atoms with van der Waals surface area (Å²) in [7, 11) is 0. The zero-order valence-corrected chi connectivity index (χ0v) is 23.1. The highest BCUT2D eigenvalue weighted by atomic mass is 19.4. The maximum Gasteiger partial charge on any atom is 0.490 e. The number of rotatable bonds is 3. The Balaban J connectivity index is 0.000000265. The Hall–Kier alpha value is -4.63. The maximum atomic E-state index is 13.3. The quantitative estimate of drug-likeness (QED) is 0.396. The van der Waals surface area contributed by atoms with Gasteiger partial charge in [0, 0.05) is 37.7 Å². The van der Waals surface area contributed by atoms with Crippen molar-refractivity contribution < 1.29 is 50.9 Å². The van der Waals surface area contributed by atoms with Gasteiger partial charge in [0.2, 0.25) is 0 Å². The van der Waals surface area contributed by atoms with E-state index < -0.39 is 24.3 Å². The number of aliphatic carboxylic acids is 2. The Morgan fingerprint density at radius 3 is 2.16 bits per heavy atom. The molecule has 2 fully saturated rings. The van der Waals surface area contributed by atoms with E-state index in [1.807, 2.05) is 42.3 Å². The largest absolute Gasteiger partial charge is 0.490 e. The number of anilines is 1. The third-order valence-electron chi connectivity index (χ3n) is 7.29. The standard InChI is InChI=1S/C24H25N5O.2C2HF3O2/c1-17-5-2-6-19(26-17)23(30)27-14-11-24(16-27)21-8-4-13-28(21)22-20(7-3-12-25-22)29(24)15-18-9-10-18;2*3-2(4,5)1(6)7/h2-8,12-13,18H,9-11,14-16H2,1H3;2*(H,6,7). The predicted octanol–water partition coefficient (Wildman–Crippen LogP) is 4.81. The number of hydrogen-bond acceptors (Lipinski definition) is 6. The first-order valence-corrected chi connectivity index (χ1v) is 13.3. The topological polar surface area (TPSA) is 129 Å². The van der Waals surface area contributed by atoms with E-state index in [-0.39, 0.29) is 11.4 Å². The number of pyridine rings is 2. The molecule has 44 heavy (non-hydrogen) atoms. The number of nitrogens with zero attached hydrogens (tertiary/aromatic N) is 5. The molecule has 1 atom stereocenters. The van der Waals surface area contributed by atoms with E-state index in [2.05, 4.69) is 38.8 Å². The molecule has 5 heterocycles. The Bertz CT molecular complexity index is 1510. The van der Waals surface area contributed by atoms with Gasteiger partial charge in [0.05, 0.1) is 11.4 Å². The van der Waals surface area contributed by atoms with E-state index in [0.29, 0.717) is 12.2 Å². The van der Waals surface area contributed by atoms with E-state index in [1.165, 1.54) is 24.2 Å². The highest BCUT2D eigenvalue weighted by Gasteiger charge is 2.52. The van der Waals surface area contributed by atoms with Gasteiger partial charge in [0.15, 0.2) is 5.82 Å². The fourth-order valence-corrected chi connectivity index (χ4v) is 5.15. The molecule has 10 nitrogen and oxygen atoms in total. The lowest BCUT2D eigenvalue weighted by Gasteiger charge is -2.47. The molecule has 1 unspecified atom stereocenters. The molecule has 3 aromatic heterocycles. The summed E-state index contributed by atoms with van der Waals surface area (Å²) in [6, 6.07) is 14.2. The molecular weight excluding hydrogens is 600 g/mol. The van der Waals surface area contributed by atoms with Crippen LogP contribution in [0.4, 0.5) is 32.0 Å². The molecule has 2 N–H and O–H groups in total. The summed E-state index contributed by atoms with van der Waals surface area (Å²) in [5, 5.41) is 14.2. The third kappa shape index (κ3) is 6.94. The van der Waals surface area contributed by atoms with Crippen LogP contribution in [0.5, 0.6) is 0 Å². The van der Waals surface area contributed by atoms with Crippen molar-refractivity contribution in [3.8, 4) is 5.82 Å². The highest BCUT2D eigenvalue weighted by Crippen LogP contribution is 2.49. The molecular formula is C28H27F6N5O5. The van der Waals surface area contributed by atoms with Gasteiger partial charge in [0.1, 0.15) is 11.2 Å². The summed E-state index contributed by atoms with van der Waals surface area (Å²) >= 11 is 0. The summed E-state index contributed by atoms with van der Waals surface area (Å²) in [6.07, 6.45) is -2.71. The van der Waals surface area contributed by atoms with Gasteiger partial charge in [-0.05, 0) is 68.5 Å². The SMILES string of the molecule is Cc1cccc(C(=O)N2CCC3(C2)c2cccn2-c2ncccc2N3CC2CC2)n1.O=C(O)C(F)(F)F.O=C(O)C(F)(F)F. The van der Waals surface area contributed by atoms with Gasteiger partial charge < -0.3 is 24.6 Å². The molecule has 1 saturated heterocycles. The number of halogens is 6. The third-order valence-corrected chi connectivity index (χ3v) is 7.29. The lowest BCUT2D eigenvalue weighted by molar-refractivity contribution is -0.193. The summed E-state index contributed by atoms with van der Waals surface area (Å²) < 4.78 is 65.7. The molecule has 0 aromatic carbocycles.